The zero-order valence-electron chi connectivity index (χ0n) is 9.31. The Hall–Kier alpha value is -0.530. The van der Waals surface area contributed by atoms with E-state index in [1.54, 1.807) is 0 Å². The molecule has 1 atom stereocenters. The number of hydrogen-bond acceptors (Lipinski definition) is 4. The molecule has 8 heteroatoms. The molecule has 0 spiro atoms. The van der Waals surface area contributed by atoms with Crippen molar-refractivity contribution in [2.45, 2.75) is 17.4 Å². The highest BCUT2D eigenvalue weighted by molar-refractivity contribution is 7.89. The fourth-order valence-corrected chi connectivity index (χ4v) is 3.95. The molecular formula is C10H12Cl2N2O3S. The third-order valence-corrected chi connectivity index (χ3v) is 5.28. The lowest BCUT2D eigenvalue weighted by Crippen LogP contribution is -2.29. The highest BCUT2D eigenvalue weighted by Gasteiger charge is 2.32. The van der Waals surface area contributed by atoms with Crippen molar-refractivity contribution in [1.82, 2.24) is 4.31 Å². The van der Waals surface area contributed by atoms with Gasteiger partial charge in [-0.2, -0.15) is 4.31 Å². The third-order valence-electron chi connectivity index (χ3n) is 2.82. The number of halogens is 2. The van der Waals surface area contributed by atoms with E-state index in [1.807, 2.05) is 0 Å². The minimum atomic E-state index is -3.68. The minimum Gasteiger partial charge on any atom is -0.396 e. The summed E-state index contributed by atoms with van der Waals surface area (Å²) in [5.74, 6) is 0. The fraction of sp³-hybridized carbons (Fsp3) is 0.400. The van der Waals surface area contributed by atoms with E-state index in [9.17, 15) is 13.5 Å². The summed E-state index contributed by atoms with van der Waals surface area (Å²) in [6, 6.07) is 2.53. The second kappa shape index (κ2) is 4.86. The van der Waals surface area contributed by atoms with Gasteiger partial charge < -0.3 is 10.8 Å². The molecule has 18 heavy (non-hydrogen) atoms. The molecular weight excluding hydrogens is 299 g/mol. The number of nitrogen functional groups attached to an aromatic ring is 1. The van der Waals surface area contributed by atoms with Crippen molar-refractivity contribution in [2.24, 2.45) is 0 Å². The largest absolute Gasteiger partial charge is 0.396 e. The minimum absolute atomic E-state index is 0.0131. The van der Waals surface area contributed by atoms with Gasteiger partial charge in [0.05, 0.1) is 26.7 Å². The first-order valence-corrected chi connectivity index (χ1v) is 7.44. The van der Waals surface area contributed by atoms with Crippen LogP contribution in [-0.2, 0) is 10.0 Å². The third kappa shape index (κ3) is 2.44. The summed E-state index contributed by atoms with van der Waals surface area (Å²) in [5, 5.41) is 9.58. The smallest absolute Gasteiger partial charge is 0.243 e. The maximum Gasteiger partial charge on any atom is 0.243 e. The Labute approximate surface area is 115 Å². The lowest BCUT2D eigenvalue weighted by Gasteiger charge is -2.16. The summed E-state index contributed by atoms with van der Waals surface area (Å²) in [6.45, 7) is 0.366. The molecule has 2 rings (SSSR count). The number of rotatable bonds is 2. The molecule has 100 valence electrons. The molecule has 0 aromatic heterocycles. The van der Waals surface area contributed by atoms with E-state index in [2.05, 4.69) is 0 Å². The lowest BCUT2D eigenvalue weighted by molar-refractivity contribution is 0.189. The van der Waals surface area contributed by atoms with Gasteiger partial charge in [0.1, 0.15) is 0 Å². The molecule has 1 heterocycles. The Morgan fingerprint density at radius 2 is 1.89 bits per heavy atom. The second-order valence-corrected chi connectivity index (χ2v) is 6.86. The van der Waals surface area contributed by atoms with Gasteiger partial charge >= 0.3 is 0 Å². The van der Waals surface area contributed by atoms with Crippen LogP contribution in [0.3, 0.4) is 0 Å². The van der Waals surface area contributed by atoms with E-state index < -0.39 is 16.1 Å². The van der Waals surface area contributed by atoms with Gasteiger partial charge in [0.25, 0.3) is 0 Å². The van der Waals surface area contributed by atoms with Gasteiger partial charge in [-0.3, -0.25) is 0 Å². The number of aliphatic hydroxyl groups is 1. The van der Waals surface area contributed by atoms with E-state index in [0.717, 1.165) is 0 Å². The highest BCUT2D eigenvalue weighted by atomic mass is 35.5. The Kier molecular flexibility index (Phi) is 3.75. The van der Waals surface area contributed by atoms with Crippen molar-refractivity contribution >= 4 is 38.9 Å². The summed E-state index contributed by atoms with van der Waals surface area (Å²) in [4.78, 5) is -0.0131. The first-order chi connectivity index (χ1) is 8.32. The van der Waals surface area contributed by atoms with E-state index in [4.69, 9.17) is 28.9 Å². The van der Waals surface area contributed by atoms with E-state index >= 15 is 0 Å². The lowest BCUT2D eigenvalue weighted by atomic mass is 10.3. The van der Waals surface area contributed by atoms with Gasteiger partial charge in [0.2, 0.25) is 10.0 Å². The van der Waals surface area contributed by atoms with Crippen molar-refractivity contribution in [2.75, 3.05) is 18.8 Å². The van der Waals surface area contributed by atoms with Crippen LogP contribution in [0.25, 0.3) is 0 Å². The zero-order chi connectivity index (χ0) is 13.5. The van der Waals surface area contributed by atoms with Crippen molar-refractivity contribution in [3.05, 3.63) is 22.2 Å². The van der Waals surface area contributed by atoms with Crippen LogP contribution < -0.4 is 5.73 Å². The molecule has 1 fully saturated rings. The number of nitrogens with zero attached hydrogens (tertiary/aromatic N) is 1. The summed E-state index contributed by atoms with van der Waals surface area (Å²) in [5.41, 5.74) is 5.71. The molecule has 1 aliphatic heterocycles. The molecule has 1 saturated heterocycles. The molecule has 0 saturated carbocycles. The number of sulfonamides is 1. The van der Waals surface area contributed by atoms with E-state index in [0.29, 0.717) is 6.42 Å². The molecule has 3 N–H and O–H groups in total. The molecule has 1 aromatic rings. The first kappa shape index (κ1) is 13.9. The normalized spacial score (nSPS) is 21.4. The van der Waals surface area contributed by atoms with Gasteiger partial charge in [0, 0.05) is 13.1 Å². The SMILES string of the molecule is Nc1c(Cl)cc(S(=O)(=O)N2CC[C@@H](O)C2)cc1Cl. The predicted octanol–water partition coefficient (Wildman–Crippen LogP) is 1.33. The van der Waals surface area contributed by atoms with Crippen LogP contribution in [0.4, 0.5) is 5.69 Å². The number of anilines is 1. The average Bonchev–Trinajstić information content (AvgIpc) is 2.72. The molecule has 0 aliphatic carbocycles. The molecule has 0 amide bonds. The summed E-state index contributed by atoms with van der Waals surface area (Å²) >= 11 is 11.6. The molecule has 1 aromatic carbocycles. The Balaban J connectivity index is 2.42. The number of β-amino-alcohol motifs (C(OH)–C–C–N with tert-alkyl or cyclic N) is 1. The van der Waals surface area contributed by atoms with Crippen LogP contribution in [-0.4, -0.2) is 37.0 Å². The Bertz CT molecular complexity index is 553. The molecule has 5 nitrogen and oxygen atoms in total. The van der Waals surface area contributed by atoms with E-state index in [-0.39, 0.29) is 33.7 Å². The molecule has 1 aliphatic rings. The fourth-order valence-electron chi connectivity index (χ4n) is 1.79. The number of aliphatic hydroxyl groups excluding tert-OH is 1. The maximum absolute atomic E-state index is 12.3. The van der Waals surface area contributed by atoms with Crippen LogP contribution in [0.2, 0.25) is 10.0 Å². The van der Waals surface area contributed by atoms with Crippen molar-refractivity contribution < 1.29 is 13.5 Å². The first-order valence-electron chi connectivity index (χ1n) is 5.25. The number of benzene rings is 1. The average molecular weight is 311 g/mol. The van der Waals surface area contributed by atoms with Crippen molar-refractivity contribution in [3.63, 3.8) is 0 Å². The van der Waals surface area contributed by atoms with Gasteiger partial charge in [-0.15, -0.1) is 0 Å². The van der Waals surface area contributed by atoms with Crippen LogP contribution in [0.1, 0.15) is 6.42 Å². The standard InChI is InChI=1S/C10H12Cl2N2O3S/c11-8-3-7(4-9(12)10(8)13)18(16,17)14-2-1-6(15)5-14/h3-4,6,15H,1-2,5,13H2/t6-/m1/s1. The van der Waals surface area contributed by atoms with Gasteiger partial charge in [-0.25, -0.2) is 8.42 Å². The number of nitrogens with two attached hydrogens (primary N) is 1. The summed E-state index contributed by atoms with van der Waals surface area (Å²) in [6.07, 6.45) is -0.199. The second-order valence-electron chi connectivity index (χ2n) is 4.11. The predicted molar refractivity (Wildman–Crippen MR) is 70.3 cm³/mol. The van der Waals surface area contributed by atoms with Crippen LogP contribution in [0, 0.1) is 0 Å². The topological polar surface area (TPSA) is 83.6 Å². The zero-order valence-corrected chi connectivity index (χ0v) is 11.6. The van der Waals surface area contributed by atoms with Crippen LogP contribution in [0.5, 0.6) is 0 Å². The molecule has 0 radical (unpaired) electrons. The van der Waals surface area contributed by atoms with Crippen molar-refractivity contribution in [3.8, 4) is 0 Å². The number of hydrogen-bond donors (Lipinski definition) is 2. The Morgan fingerprint density at radius 3 is 2.33 bits per heavy atom. The quantitative estimate of drug-likeness (QED) is 0.807. The van der Waals surface area contributed by atoms with Gasteiger partial charge in [-0.1, -0.05) is 23.2 Å². The molecule has 0 bridgehead atoms. The van der Waals surface area contributed by atoms with E-state index in [1.165, 1.54) is 16.4 Å². The highest BCUT2D eigenvalue weighted by Crippen LogP contribution is 2.32. The Morgan fingerprint density at radius 1 is 1.33 bits per heavy atom. The van der Waals surface area contributed by atoms with Crippen molar-refractivity contribution in [1.29, 1.82) is 0 Å². The summed E-state index contributed by atoms with van der Waals surface area (Å²) in [7, 11) is -3.68. The molecule has 0 unspecified atom stereocenters. The maximum atomic E-state index is 12.3. The summed E-state index contributed by atoms with van der Waals surface area (Å²) < 4.78 is 25.7. The van der Waals surface area contributed by atoms with Gasteiger partial charge in [0.15, 0.2) is 0 Å². The van der Waals surface area contributed by atoms with Crippen LogP contribution in [0.15, 0.2) is 17.0 Å². The van der Waals surface area contributed by atoms with Gasteiger partial charge in [-0.05, 0) is 18.6 Å². The van der Waals surface area contributed by atoms with Crippen LogP contribution >= 0.6 is 23.2 Å². The monoisotopic (exact) mass is 310 g/mol.